The Kier molecular flexibility index (Phi) is 10.5. The van der Waals surface area contributed by atoms with Crippen molar-refractivity contribution in [3.63, 3.8) is 0 Å². The van der Waals surface area contributed by atoms with Gasteiger partial charge in [0, 0.05) is 68.5 Å². The van der Waals surface area contributed by atoms with Crippen molar-refractivity contribution in [3.8, 4) is 0 Å². The molecule has 0 aliphatic carbocycles. The molecule has 1 aromatic heterocycles. The summed E-state index contributed by atoms with van der Waals surface area (Å²) < 4.78 is 5.46. The molecule has 0 saturated carbocycles. The largest absolute Gasteiger partial charge is 0.379 e. The number of morpholine rings is 1. The molecule has 8 nitrogen and oxygen atoms in total. The second-order valence-corrected chi connectivity index (χ2v) is 10.9. The second kappa shape index (κ2) is 14.9. The number of benzene rings is 2. The molecule has 0 radical (unpaired) electrons. The van der Waals surface area contributed by atoms with Crippen LogP contribution in [-0.2, 0) is 24.4 Å². The van der Waals surface area contributed by atoms with Crippen LogP contribution in [0.25, 0.3) is 0 Å². The summed E-state index contributed by atoms with van der Waals surface area (Å²) >= 11 is 0. The minimum absolute atomic E-state index is 0.0418. The average Bonchev–Trinajstić information content (AvgIpc) is 3.01. The molecule has 2 N–H and O–H groups in total. The van der Waals surface area contributed by atoms with E-state index in [2.05, 4.69) is 38.7 Å². The van der Waals surface area contributed by atoms with Crippen LogP contribution in [-0.4, -0.2) is 61.1 Å². The third-order valence-corrected chi connectivity index (χ3v) is 7.81. The van der Waals surface area contributed by atoms with Gasteiger partial charge in [-0.2, -0.15) is 0 Å². The number of carbonyl (C=O) groups excluding carboxylic acids is 2. The second-order valence-electron chi connectivity index (χ2n) is 10.9. The highest BCUT2D eigenvalue weighted by Gasteiger charge is 2.22. The smallest absolute Gasteiger partial charge is 0.258 e. The van der Waals surface area contributed by atoms with Crippen LogP contribution in [0.3, 0.4) is 0 Å². The molecular formula is C33H41N5O3. The van der Waals surface area contributed by atoms with Crippen LogP contribution < -0.4 is 15.5 Å². The first-order valence-electron chi connectivity index (χ1n) is 14.9. The number of hydrogen-bond acceptors (Lipinski definition) is 6. The van der Waals surface area contributed by atoms with E-state index in [1.54, 1.807) is 24.5 Å². The number of nitrogens with one attached hydrogen (secondary N) is 2. The standard InChI is InChI=1S/C33H41N5O3/c39-32(36-23-26-7-6-8-27(21-26)25-37-17-19-41-20-18-37)29-9-10-31-30(22-29)24-35-13-4-2-1-3-5-16-38(31)33(40)28-11-14-34-15-12-28/h6-12,14-15,21-22,35H,1-5,13,16-20,23-25H2,(H,36,39). The fraction of sp³-hybridized carbons (Fsp3) is 0.424. The lowest BCUT2D eigenvalue weighted by molar-refractivity contribution is 0.0342. The summed E-state index contributed by atoms with van der Waals surface area (Å²) in [6, 6.07) is 17.6. The molecule has 0 bridgehead atoms. The van der Waals surface area contributed by atoms with Crippen molar-refractivity contribution in [2.24, 2.45) is 0 Å². The summed E-state index contributed by atoms with van der Waals surface area (Å²) in [5.74, 6) is -0.163. The zero-order valence-electron chi connectivity index (χ0n) is 23.8. The summed E-state index contributed by atoms with van der Waals surface area (Å²) in [6.07, 6.45) is 8.80. The maximum absolute atomic E-state index is 13.6. The number of aromatic nitrogens is 1. The van der Waals surface area contributed by atoms with E-state index < -0.39 is 0 Å². The molecule has 3 aromatic rings. The van der Waals surface area contributed by atoms with Gasteiger partial charge in [-0.25, -0.2) is 0 Å². The Morgan fingerprint density at radius 1 is 0.854 bits per heavy atom. The van der Waals surface area contributed by atoms with Crippen LogP contribution in [0, 0.1) is 0 Å². The fourth-order valence-corrected chi connectivity index (χ4v) is 5.53. The predicted molar refractivity (Wildman–Crippen MR) is 161 cm³/mol. The Morgan fingerprint density at radius 3 is 2.49 bits per heavy atom. The molecule has 0 atom stereocenters. The summed E-state index contributed by atoms with van der Waals surface area (Å²) in [7, 11) is 0. The van der Waals surface area contributed by atoms with Crippen molar-refractivity contribution in [3.05, 3.63) is 94.8 Å². The van der Waals surface area contributed by atoms with E-state index in [-0.39, 0.29) is 11.8 Å². The predicted octanol–water partition coefficient (Wildman–Crippen LogP) is 4.54. The Morgan fingerprint density at radius 2 is 1.63 bits per heavy atom. The van der Waals surface area contributed by atoms with Crippen LogP contribution in [0.4, 0.5) is 5.69 Å². The summed E-state index contributed by atoms with van der Waals surface area (Å²) in [5.41, 5.74) is 5.33. The Bertz CT molecular complexity index is 1290. The number of carbonyl (C=O) groups is 2. The minimum atomic E-state index is -0.121. The molecule has 1 saturated heterocycles. The van der Waals surface area contributed by atoms with Crippen molar-refractivity contribution in [1.82, 2.24) is 20.5 Å². The molecule has 216 valence electrons. The van der Waals surface area contributed by atoms with Gasteiger partial charge < -0.3 is 20.3 Å². The van der Waals surface area contributed by atoms with Gasteiger partial charge in [-0.05, 0) is 66.4 Å². The average molecular weight is 556 g/mol. The quantitative estimate of drug-likeness (QED) is 0.464. The van der Waals surface area contributed by atoms with Gasteiger partial charge in [-0.1, -0.05) is 43.5 Å². The lowest BCUT2D eigenvalue weighted by atomic mass is 10.0. The van der Waals surface area contributed by atoms with Gasteiger partial charge in [0.1, 0.15) is 0 Å². The molecule has 8 heteroatoms. The van der Waals surface area contributed by atoms with E-state index in [9.17, 15) is 9.59 Å². The number of rotatable bonds is 6. The minimum Gasteiger partial charge on any atom is -0.379 e. The maximum atomic E-state index is 13.6. The molecule has 3 heterocycles. The van der Waals surface area contributed by atoms with Gasteiger partial charge in [0.15, 0.2) is 0 Å². The first-order valence-corrected chi connectivity index (χ1v) is 14.9. The SMILES string of the molecule is O=C(NCc1cccc(CN2CCOCC2)c1)c1ccc2c(c1)CNCCCCCCCN2C(=O)c1ccncc1. The number of nitrogens with zero attached hydrogens (tertiary/aromatic N) is 3. The van der Waals surface area contributed by atoms with Gasteiger partial charge in [0.05, 0.1) is 13.2 Å². The summed E-state index contributed by atoms with van der Waals surface area (Å²) in [4.78, 5) is 35.2. The highest BCUT2D eigenvalue weighted by molar-refractivity contribution is 6.06. The van der Waals surface area contributed by atoms with Crippen molar-refractivity contribution >= 4 is 17.5 Å². The zero-order valence-corrected chi connectivity index (χ0v) is 23.8. The number of pyridine rings is 1. The van der Waals surface area contributed by atoms with Crippen LogP contribution in [0.1, 0.15) is 69.5 Å². The van der Waals surface area contributed by atoms with Crippen LogP contribution >= 0.6 is 0 Å². The molecule has 41 heavy (non-hydrogen) atoms. The van der Waals surface area contributed by atoms with E-state index >= 15 is 0 Å². The number of hydrogen-bond donors (Lipinski definition) is 2. The number of amides is 2. The van der Waals surface area contributed by atoms with Gasteiger partial charge in [0.2, 0.25) is 0 Å². The molecule has 5 rings (SSSR count). The topological polar surface area (TPSA) is 86.8 Å². The third kappa shape index (κ3) is 8.22. The Hall–Kier alpha value is -3.59. The number of ether oxygens (including phenoxy) is 1. The highest BCUT2D eigenvalue weighted by Crippen LogP contribution is 2.26. The Labute approximate surface area is 243 Å². The molecule has 1 fully saturated rings. The Balaban J connectivity index is 1.31. The fourth-order valence-electron chi connectivity index (χ4n) is 5.53. The maximum Gasteiger partial charge on any atom is 0.258 e. The van der Waals surface area contributed by atoms with Gasteiger partial charge in [-0.3, -0.25) is 19.5 Å². The normalized spacial score (nSPS) is 17.1. The van der Waals surface area contributed by atoms with E-state index in [4.69, 9.17) is 4.74 Å². The number of anilines is 1. The molecule has 2 amide bonds. The molecule has 2 aromatic carbocycles. The molecular weight excluding hydrogens is 514 g/mol. The van der Waals surface area contributed by atoms with Gasteiger partial charge >= 0.3 is 0 Å². The molecule has 2 aliphatic heterocycles. The van der Waals surface area contributed by atoms with E-state index in [1.165, 1.54) is 18.4 Å². The van der Waals surface area contributed by atoms with Crippen molar-refractivity contribution in [2.75, 3.05) is 44.3 Å². The zero-order chi connectivity index (χ0) is 28.3. The van der Waals surface area contributed by atoms with E-state index in [1.807, 2.05) is 29.2 Å². The van der Waals surface area contributed by atoms with Crippen molar-refractivity contribution < 1.29 is 14.3 Å². The highest BCUT2D eigenvalue weighted by atomic mass is 16.5. The van der Waals surface area contributed by atoms with Crippen LogP contribution in [0.5, 0.6) is 0 Å². The molecule has 2 aliphatic rings. The van der Waals surface area contributed by atoms with Crippen LogP contribution in [0.2, 0.25) is 0 Å². The van der Waals surface area contributed by atoms with Gasteiger partial charge in [-0.15, -0.1) is 0 Å². The lowest BCUT2D eigenvalue weighted by Crippen LogP contribution is -2.35. The first kappa shape index (κ1) is 28.9. The van der Waals surface area contributed by atoms with E-state index in [0.717, 1.165) is 75.5 Å². The summed E-state index contributed by atoms with van der Waals surface area (Å²) in [5, 5.41) is 6.63. The van der Waals surface area contributed by atoms with Crippen molar-refractivity contribution in [1.29, 1.82) is 0 Å². The van der Waals surface area contributed by atoms with E-state index in [0.29, 0.717) is 30.8 Å². The van der Waals surface area contributed by atoms with Crippen molar-refractivity contribution in [2.45, 2.75) is 51.7 Å². The lowest BCUT2D eigenvalue weighted by Gasteiger charge is -2.27. The monoisotopic (exact) mass is 555 g/mol. The van der Waals surface area contributed by atoms with Gasteiger partial charge in [0.25, 0.3) is 11.8 Å². The first-order chi connectivity index (χ1) is 20.2. The summed E-state index contributed by atoms with van der Waals surface area (Å²) in [6.45, 7) is 6.94. The third-order valence-electron chi connectivity index (χ3n) is 7.81. The van der Waals surface area contributed by atoms with Crippen LogP contribution in [0.15, 0.2) is 67.0 Å². The molecule has 0 spiro atoms. The number of fused-ring (bicyclic) bond motifs is 1. The molecule has 0 unspecified atom stereocenters.